The molecule has 0 aliphatic rings. The van der Waals surface area contributed by atoms with Gasteiger partial charge < -0.3 is 15.7 Å². The second kappa shape index (κ2) is 8.21. The van der Waals surface area contributed by atoms with E-state index in [2.05, 4.69) is 26.0 Å². The van der Waals surface area contributed by atoms with Gasteiger partial charge in [-0.1, -0.05) is 30.3 Å². The van der Waals surface area contributed by atoms with Crippen molar-refractivity contribution < 1.29 is 14.7 Å². The molecule has 1 aromatic carbocycles. The van der Waals surface area contributed by atoms with Gasteiger partial charge in [-0.25, -0.2) is 14.8 Å². The molecule has 0 fully saturated rings. The Morgan fingerprint density at radius 3 is 2.69 bits per heavy atom. The first kappa shape index (κ1) is 17.6. The van der Waals surface area contributed by atoms with Crippen LogP contribution in [0.2, 0.25) is 0 Å². The molecule has 0 aliphatic heterocycles. The van der Waals surface area contributed by atoms with E-state index in [1.807, 2.05) is 30.3 Å². The summed E-state index contributed by atoms with van der Waals surface area (Å²) in [5, 5.41) is 17.3. The number of aliphatic carboxylic acids is 1. The smallest absolute Gasteiger partial charge is 0.328 e. The Balaban J connectivity index is 1.70. The Hall–Kier alpha value is -3.26. The van der Waals surface area contributed by atoms with Gasteiger partial charge in [-0.15, -0.1) is 11.3 Å². The molecule has 7 nitrogen and oxygen atoms in total. The molecular formula is C18H16N4O3S. The molecule has 1 amide bonds. The topological polar surface area (TPSA) is 104 Å². The first-order chi connectivity index (χ1) is 12.6. The summed E-state index contributed by atoms with van der Waals surface area (Å²) in [4.78, 5) is 31.4. The first-order valence-electron chi connectivity index (χ1n) is 7.85. The number of amides is 1. The number of rotatable bonds is 7. The van der Waals surface area contributed by atoms with Crippen molar-refractivity contribution in [2.24, 2.45) is 0 Å². The summed E-state index contributed by atoms with van der Waals surface area (Å²) in [6.07, 6.45) is 3.29. The summed E-state index contributed by atoms with van der Waals surface area (Å²) in [6, 6.07) is 10.0. The van der Waals surface area contributed by atoms with Gasteiger partial charge in [0.2, 0.25) is 5.91 Å². The number of nitrogens with zero attached hydrogens (tertiary/aromatic N) is 2. The number of anilines is 1. The fourth-order valence-electron chi connectivity index (χ4n) is 2.41. The number of carbonyl (C=O) groups excluding carboxylic acids is 1. The van der Waals surface area contributed by atoms with Crippen molar-refractivity contribution in [1.29, 1.82) is 0 Å². The zero-order valence-corrected chi connectivity index (χ0v) is 14.5. The van der Waals surface area contributed by atoms with E-state index in [0.717, 1.165) is 33.5 Å². The van der Waals surface area contributed by atoms with E-state index >= 15 is 0 Å². The molecule has 0 bridgehead atoms. The van der Waals surface area contributed by atoms with E-state index in [0.29, 0.717) is 18.9 Å². The van der Waals surface area contributed by atoms with Crippen molar-refractivity contribution in [2.45, 2.75) is 0 Å². The molecule has 3 rings (SSSR count). The highest BCUT2D eigenvalue weighted by Crippen LogP contribution is 2.36. The van der Waals surface area contributed by atoms with Gasteiger partial charge in [0, 0.05) is 36.2 Å². The predicted molar refractivity (Wildman–Crippen MR) is 101 cm³/mol. The lowest BCUT2D eigenvalue weighted by atomic mass is 10.1. The summed E-state index contributed by atoms with van der Waals surface area (Å²) in [6.45, 7) is 0.780. The van der Waals surface area contributed by atoms with Crippen molar-refractivity contribution in [1.82, 2.24) is 15.3 Å². The van der Waals surface area contributed by atoms with Gasteiger partial charge in [-0.05, 0) is 5.56 Å². The maximum atomic E-state index is 11.5. The molecule has 132 valence electrons. The molecule has 3 aromatic rings. The van der Waals surface area contributed by atoms with Crippen LogP contribution in [0.5, 0.6) is 0 Å². The summed E-state index contributed by atoms with van der Waals surface area (Å²) < 4.78 is 0. The van der Waals surface area contributed by atoms with Crippen LogP contribution < -0.4 is 10.6 Å². The highest BCUT2D eigenvalue weighted by Gasteiger charge is 2.12. The molecule has 2 aromatic heterocycles. The van der Waals surface area contributed by atoms with Crippen LogP contribution in [0.25, 0.3) is 21.3 Å². The number of nitrogens with one attached hydrogen (secondary N) is 2. The highest BCUT2D eigenvalue weighted by atomic mass is 32.1. The number of thiophene rings is 1. The van der Waals surface area contributed by atoms with Gasteiger partial charge in [0.25, 0.3) is 0 Å². The highest BCUT2D eigenvalue weighted by molar-refractivity contribution is 7.17. The van der Waals surface area contributed by atoms with Crippen LogP contribution in [0.1, 0.15) is 0 Å². The van der Waals surface area contributed by atoms with Crippen molar-refractivity contribution in [2.75, 3.05) is 18.4 Å². The maximum Gasteiger partial charge on any atom is 0.328 e. The van der Waals surface area contributed by atoms with Gasteiger partial charge in [0.1, 0.15) is 17.0 Å². The average Bonchev–Trinajstić information content (AvgIpc) is 3.09. The molecule has 26 heavy (non-hydrogen) atoms. The lowest BCUT2D eigenvalue weighted by molar-refractivity contribution is -0.131. The fourth-order valence-corrected chi connectivity index (χ4v) is 3.33. The SMILES string of the molecule is O=C(O)/C=C/C(=O)NCCNc1ncnc2scc(-c3ccccc3)c12. The van der Waals surface area contributed by atoms with Gasteiger partial charge >= 0.3 is 5.97 Å². The van der Waals surface area contributed by atoms with Crippen LogP contribution in [0, 0.1) is 0 Å². The van der Waals surface area contributed by atoms with E-state index < -0.39 is 11.9 Å². The molecule has 0 spiro atoms. The summed E-state index contributed by atoms with van der Waals surface area (Å²) >= 11 is 1.55. The lowest BCUT2D eigenvalue weighted by Gasteiger charge is -2.08. The third-order valence-electron chi connectivity index (χ3n) is 3.55. The predicted octanol–water partition coefficient (Wildman–Crippen LogP) is 2.53. The Morgan fingerprint density at radius 1 is 1.12 bits per heavy atom. The molecule has 0 aliphatic carbocycles. The summed E-state index contributed by atoms with van der Waals surface area (Å²) in [5.41, 5.74) is 2.14. The summed E-state index contributed by atoms with van der Waals surface area (Å²) in [5.74, 6) is -0.916. The third kappa shape index (κ3) is 4.22. The normalized spacial score (nSPS) is 10.9. The van der Waals surface area contributed by atoms with Crippen LogP contribution in [0.3, 0.4) is 0 Å². The maximum absolute atomic E-state index is 11.5. The van der Waals surface area contributed by atoms with Crippen molar-refractivity contribution >= 4 is 39.2 Å². The lowest BCUT2D eigenvalue weighted by Crippen LogP contribution is -2.27. The standard InChI is InChI=1S/C18H16N4O3S/c23-14(6-7-15(24)25)19-8-9-20-17-16-13(12-4-2-1-3-5-12)10-26-18(16)22-11-21-17/h1-7,10-11H,8-9H2,(H,19,23)(H,24,25)(H,20,21,22)/b7-6+. The monoisotopic (exact) mass is 368 g/mol. The number of carboxylic acids is 1. The van der Waals surface area contributed by atoms with Crippen LogP contribution in [0.4, 0.5) is 5.82 Å². The Labute approximate surface area is 153 Å². The van der Waals surface area contributed by atoms with E-state index in [9.17, 15) is 9.59 Å². The number of carbonyl (C=O) groups is 2. The molecule has 0 atom stereocenters. The van der Waals surface area contributed by atoms with E-state index in [1.54, 1.807) is 11.3 Å². The molecule has 2 heterocycles. The Kier molecular flexibility index (Phi) is 5.55. The van der Waals surface area contributed by atoms with Gasteiger partial charge in [-0.3, -0.25) is 4.79 Å². The number of aromatic nitrogens is 2. The van der Waals surface area contributed by atoms with Crippen LogP contribution in [-0.4, -0.2) is 40.0 Å². The minimum atomic E-state index is -1.16. The number of hydrogen-bond donors (Lipinski definition) is 3. The number of carboxylic acid groups (broad SMARTS) is 1. The minimum absolute atomic E-state index is 0.332. The largest absolute Gasteiger partial charge is 0.478 e. The van der Waals surface area contributed by atoms with Crippen LogP contribution in [0.15, 0.2) is 54.2 Å². The van der Waals surface area contributed by atoms with Crippen LogP contribution in [-0.2, 0) is 9.59 Å². The second-order valence-electron chi connectivity index (χ2n) is 5.31. The second-order valence-corrected chi connectivity index (χ2v) is 6.17. The average molecular weight is 368 g/mol. The van der Waals surface area contributed by atoms with E-state index in [4.69, 9.17) is 5.11 Å². The quantitative estimate of drug-likeness (QED) is 0.437. The van der Waals surface area contributed by atoms with Crippen LogP contribution >= 0.6 is 11.3 Å². The molecule has 0 radical (unpaired) electrons. The Bertz CT molecular complexity index is 953. The van der Waals surface area contributed by atoms with Gasteiger partial charge in [0.15, 0.2) is 0 Å². The van der Waals surface area contributed by atoms with E-state index in [1.165, 1.54) is 6.33 Å². The first-order valence-corrected chi connectivity index (χ1v) is 8.73. The molecule has 3 N–H and O–H groups in total. The fraction of sp³-hybridized carbons (Fsp3) is 0.111. The zero-order valence-electron chi connectivity index (χ0n) is 13.7. The number of hydrogen-bond acceptors (Lipinski definition) is 6. The molecule has 0 saturated carbocycles. The van der Waals surface area contributed by atoms with Crippen molar-refractivity contribution in [3.63, 3.8) is 0 Å². The molecule has 8 heteroatoms. The molecular weight excluding hydrogens is 352 g/mol. The molecule has 0 saturated heterocycles. The third-order valence-corrected chi connectivity index (χ3v) is 4.44. The summed E-state index contributed by atoms with van der Waals surface area (Å²) in [7, 11) is 0. The number of benzene rings is 1. The Morgan fingerprint density at radius 2 is 1.92 bits per heavy atom. The van der Waals surface area contributed by atoms with E-state index in [-0.39, 0.29) is 0 Å². The van der Waals surface area contributed by atoms with Crippen molar-refractivity contribution in [3.05, 3.63) is 54.2 Å². The van der Waals surface area contributed by atoms with Gasteiger partial charge in [0.05, 0.1) is 5.39 Å². The molecule has 0 unspecified atom stereocenters. The zero-order chi connectivity index (χ0) is 18.4. The minimum Gasteiger partial charge on any atom is -0.478 e. The number of fused-ring (bicyclic) bond motifs is 1. The van der Waals surface area contributed by atoms with Gasteiger partial charge in [-0.2, -0.15) is 0 Å². The van der Waals surface area contributed by atoms with Crippen molar-refractivity contribution in [3.8, 4) is 11.1 Å².